The van der Waals surface area contributed by atoms with E-state index in [9.17, 15) is 4.91 Å². The molecule has 1 aromatic heterocycles. The van der Waals surface area contributed by atoms with E-state index in [-0.39, 0.29) is 5.69 Å². The second-order valence-corrected chi connectivity index (χ2v) is 8.13. The van der Waals surface area contributed by atoms with Crippen LogP contribution in [0.15, 0.2) is 84.6 Å². The van der Waals surface area contributed by atoms with E-state index in [4.69, 9.17) is 19.7 Å². The molecule has 0 spiro atoms. The van der Waals surface area contributed by atoms with Gasteiger partial charge in [-0.3, -0.25) is 0 Å². The maximum absolute atomic E-state index is 11.5. The highest BCUT2D eigenvalue weighted by Gasteiger charge is 2.16. The molecule has 0 aliphatic heterocycles. The fraction of sp³-hybridized carbons (Fsp3) is 0.207. The molecule has 0 N–H and O–H groups in total. The number of rotatable bonds is 10. The highest BCUT2D eigenvalue weighted by molar-refractivity contribution is 5.75. The fourth-order valence-corrected chi connectivity index (χ4v) is 3.79. The average molecular weight is 465 g/mol. The van der Waals surface area contributed by atoms with Crippen molar-refractivity contribution < 1.29 is 4.74 Å². The van der Waals surface area contributed by atoms with Gasteiger partial charge in [0.05, 0.1) is 6.61 Å². The van der Waals surface area contributed by atoms with Gasteiger partial charge >= 0.3 is 0 Å². The Bertz CT molecular complexity index is 1350. The molecule has 4 aromatic rings. The van der Waals surface area contributed by atoms with Gasteiger partial charge in [-0.25, -0.2) is 15.0 Å². The summed E-state index contributed by atoms with van der Waals surface area (Å²) in [5.41, 5.74) is 4.57. The molecule has 0 radical (unpaired) electrons. The molecule has 0 aliphatic carbocycles. The van der Waals surface area contributed by atoms with Crippen LogP contribution in [0.2, 0.25) is 0 Å². The molecular formula is C29H28N4O2. The summed E-state index contributed by atoms with van der Waals surface area (Å²) in [6, 6.07) is 22.9. The summed E-state index contributed by atoms with van der Waals surface area (Å²) in [6.07, 6.45) is 2.86. The van der Waals surface area contributed by atoms with Crippen molar-refractivity contribution in [3.8, 4) is 34.2 Å². The molecule has 176 valence electrons. The lowest BCUT2D eigenvalue weighted by molar-refractivity contribution is 0.271. The van der Waals surface area contributed by atoms with Crippen LogP contribution in [0, 0.1) is 4.91 Å². The Morgan fingerprint density at radius 3 is 2.29 bits per heavy atom. The van der Waals surface area contributed by atoms with Crippen LogP contribution in [0.4, 0.5) is 5.69 Å². The quantitative estimate of drug-likeness (QED) is 0.137. The first kappa shape index (κ1) is 24.0. The first-order valence-electron chi connectivity index (χ1n) is 11.8. The van der Waals surface area contributed by atoms with Crippen molar-refractivity contribution >= 4 is 11.4 Å². The van der Waals surface area contributed by atoms with Crippen molar-refractivity contribution in [2.24, 2.45) is 5.18 Å². The summed E-state index contributed by atoms with van der Waals surface area (Å²) in [6.45, 7) is 8.93. The van der Waals surface area contributed by atoms with Crippen molar-refractivity contribution in [2.75, 3.05) is 6.61 Å². The number of aromatic nitrogens is 3. The Morgan fingerprint density at radius 1 is 0.857 bits per heavy atom. The van der Waals surface area contributed by atoms with E-state index in [1.807, 2.05) is 48.5 Å². The second kappa shape index (κ2) is 11.3. The lowest BCUT2D eigenvalue weighted by Gasteiger charge is -2.12. The predicted molar refractivity (Wildman–Crippen MR) is 141 cm³/mol. The van der Waals surface area contributed by atoms with Crippen LogP contribution in [-0.4, -0.2) is 21.6 Å². The molecule has 35 heavy (non-hydrogen) atoms. The maximum atomic E-state index is 11.5. The molecule has 0 bridgehead atoms. The molecule has 4 rings (SSSR count). The zero-order valence-electron chi connectivity index (χ0n) is 20.1. The minimum absolute atomic E-state index is 0.283. The third-order valence-corrected chi connectivity index (χ3v) is 5.73. The van der Waals surface area contributed by atoms with Crippen molar-refractivity contribution in [1.82, 2.24) is 15.0 Å². The first-order chi connectivity index (χ1) is 17.1. The Hall–Kier alpha value is -4.19. The summed E-state index contributed by atoms with van der Waals surface area (Å²) >= 11 is 0. The van der Waals surface area contributed by atoms with Gasteiger partial charge in [-0.2, -0.15) is 0 Å². The van der Waals surface area contributed by atoms with E-state index in [1.54, 1.807) is 18.2 Å². The zero-order valence-corrected chi connectivity index (χ0v) is 20.1. The Morgan fingerprint density at radius 2 is 1.54 bits per heavy atom. The predicted octanol–water partition coefficient (Wildman–Crippen LogP) is 7.62. The molecule has 0 unspecified atom stereocenters. The normalized spacial score (nSPS) is 10.7. The van der Waals surface area contributed by atoms with Crippen molar-refractivity contribution in [2.45, 2.75) is 33.1 Å². The summed E-state index contributed by atoms with van der Waals surface area (Å²) < 4.78 is 5.81. The number of hydrogen-bond donors (Lipinski definition) is 0. The number of nitroso groups, excluding NO2 is 1. The van der Waals surface area contributed by atoms with Gasteiger partial charge in [0, 0.05) is 22.3 Å². The van der Waals surface area contributed by atoms with Gasteiger partial charge in [0.15, 0.2) is 17.5 Å². The van der Waals surface area contributed by atoms with Gasteiger partial charge in [-0.15, -0.1) is 4.91 Å². The van der Waals surface area contributed by atoms with E-state index in [0.29, 0.717) is 35.4 Å². The van der Waals surface area contributed by atoms with Crippen LogP contribution >= 0.6 is 0 Å². The number of aryl methyl sites for hydroxylation is 1. The Balaban J connectivity index is 1.85. The van der Waals surface area contributed by atoms with Crippen LogP contribution in [0.25, 0.3) is 39.9 Å². The third-order valence-electron chi connectivity index (χ3n) is 5.73. The fourth-order valence-electron chi connectivity index (χ4n) is 3.79. The van der Waals surface area contributed by atoms with Gasteiger partial charge in [0.25, 0.3) is 0 Å². The van der Waals surface area contributed by atoms with Crippen molar-refractivity contribution in [1.29, 1.82) is 0 Å². The van der Waals surface area contributed by atoms with E-state index in [0.717, 1.165) is 41.5 Å². The molecule has 1 heterocycles. The first-order valence-corrected chi connectivity index (χ1v) is 11.8. The average Bonchev–Trinajstić information content (AvgIpc) is 2.92. The highest BCUT2D eigenvalue weighted by atomic mass is 16.5. The van der Waals surface area contributed by atoms with Crippen LogP contribution in [0.5, 0.6) is 0 Å². The number of nitrogens with zero attached hydrogens (tertiary/aromatic N) is 4. The smallest absolute Gasteiger partial charge is 0.166 e. The van der Waals surface area contributed by atoms with Crippen LogP contribution in [-0.2, 0) is 11.2 Å². The molecule has 0 amide bonds. The van der Waals surface area contributed by atoms with Gasteiger partial charge in [0.1, 0.15) is 11.4 Å². The summed E-state index contributed by atoms with van der Waals surface area (Å²) in [5.74, 6) is 2.06. The van der Waals surface area contributed by atoms with Crippen LogP contribution in [0.1, 0.15) is 37.8 Å². The summed E-state index contributed by atoms with van der Waals surface area (Å²) in [7, 11) is 0. The summed E-state index contributed by atoms with van der Waals surface area (Å²) in [4.78, 5) is 25.8. The minimum Gasteiger partial charge on any atom is -0.494 e. The molecule has 0 saturated carbocycles. The Kier molecular flexibility index (Phi) is 7.73. The van der Waals surface area contributed by atoms with E-state index < -0.39 is 0 Å². The third kappa shape index (κ3) is 5.49. The number of hydrogen-bond acceptors (Lipinski definition) is 6. The molecule has 0 fully saturated rings. The summed E-state index contributed by atoms with van der Waals surface area (Å²) in [5, 5.41) is 3.18. The molecule has 0 saturated heterocycles. The lowest BCUT2D eigenvalue weighted by atomic mass is 10.0. The zero-order chi connectivity index (χ0) is 24.6. The van der Waals surface area contributed by atoms with E-state index in [1.165, 1.54) is 0 Å². The van der Waals surface area contributed by atoms with Crippen molar-refractivity contribution in [3.63, 3.8) is 0 Å². The standard InChI is InChI=1S/C29H28N4O2/c1-4-6-18-35-20(3)22-13-11-14-23(19-22)27-30-28(24-15-8-7-12-21(24)5-2)32-29(31-27)25-16-9-10-17-26(25)33-34/h7-17,19H,3-6,18H2,1-2H3. The van der Waals surface area contributed by atoms with Crippen LogP contribution in [0.3, 0.4) is 0 Å². The molecule has 0 atom stereocenters. The van der Waals surface area contributed by atoms with Gasteiger partial charge in [0.2, 0.25) is 0 Å². The monoisotopic (exact) mass is 464 g/mol. The van der Waals surface area contributed by atoms with Gasteiger partial charge in [-0.1, -0.05) is 81.4 Å². The Labute approximate surface area is 205 Å². The largest absolute Gasteiger partial charge is 0.494 e. The SMILES string of the molecule is C=C(OCCCC)c1cccc(-c2nc(-c3ccccc3CC)nc(-c3ccccc3N=O)n2)c1. The van der Waals surface area contributed by atoms with E-state index in [2.05, 4.69) is 31.7 Å². The number of unbranched alkanes of at least 4 members (excludes halogenated alkanes) is 1. The van der Waals surface area contributed by atoms with Crippen LogP contribution < -0.4 is 0 Å². The molecule has 0 aliphatic rings. The van der Waals surface area contributed by atoms with Gasteiger partial charge in [-0.05, 0) is 41.8 Å². The molecule has 3 aromatic carbocycles. The van der Waals surface area contributed by atoms with E-state index >= 15 is 0 Å². The second-order valence-electron chi connectivity index (χ2n) is 8.13. The topological polar surface area (TPSA) is 77.3 Å². The molecule has 6 nitrogen and oxygen atoms in total. The van der Waals surface area contributed by atoms with Crippen molar-refractivity contribution in [3.05, 3.63) is 95.4 Å². The number of ether oxygens (including phenoxy) is 1. The lowest BCUT2D eigenvalue weighted by Crippen LogP contribution is -2.02. The number of benzene rings is 3. The molecular weight excluding hydrogens is 436 g/mol. The highest BCUT2D eigenvalue weighted by Crippen LogP contribution is 2.32. The van der Waals surface area contributed by atoms with Gasteiger partial charge < -0.3 is 4.74 Å². The minimum atomic E-state index is 0.283. The molecule has 6 heteroatoms. The maximum Gasteiger partial charge on any atom is 0.166 e.